The summed E-state index contributed by atoms with van der Waals surface area (Å²) in [5.74, 6) is 0.651. The molecule has 38 heavy (non-hydrogen) atoms. The second-order valence-electron chi connectivity index (χ2n) is 10.8. The van der Waals surface area contributed by atoms with Gasteiger partial charge >= 0.3 is 0 Å². The van der Waals surface area contributed by atoms with Crippen LogP contribution in [0.1, 0.15) is 68.5 Å². The first-order chi connectivity index (χ1) is 18.3. The van der Waals surface area contributed by atoms with Crippen LogP contribution in [-0.2, 0) is 17.8 Å². The van der Waals surface area contributed by atoms with Gasteiger partial charge in [-0.2, -0.15) is 0 Å². The van der Waals surface area contributed by atoms with E-state index in [1.165, 1.54) is 12.3 Å². The van der Waals surface area contributed by atoms with Gasteiger partial charge in [-0.25, -0.2) is 23.7 Å². The molecule has 9 heteroatoms. The quantitative estimate of drug-likeness (QED) is 0.344. The summed E-state index contributed by atoms with van der Waals surface area (Å²) in [6.07, 6.45) is 8.57. The lowest BCUT2D eigenvalue weighted by Gasteiger charge is -2.33. The van der Waals surface area contributed by atoms with Crippen molar-refractivity contribution < 1.29 is 13.6 Å². The van der Waals surface area contributed by atoms with Gasteiger partial charge in [0.15, 0.2) is 5.82 Å². The number of fused-ring (bicyclic) bond motifs is 3. The maximum atomic E-state index is 15.0. The van der Waals surface area contributed by atoms with Crippen molar-refractivity contribution in [2.45, 2.75) is 77.5 Å². The van der Waals surface area contributed by atoms with Gasteiger partial charge in [0.2, 0.25) is 0 Å². The number of ketones is 1. The molecule has 0 aliphatic carbocycles. The van der Waals surface area contributed by atoms with Crippen molar-refractivity contribution in [1.29, 1.82) is 0 Å². The highest BCUT2D eigenvalue weighted by atomic mass is 19.1. The van der Waals surface area contributed by atoms with Gasteiger partial charge in [0, 0.05) is 66.7 Å². The number of carbonyl (C=O) groups is 1. The Labute approximate surface area is 220 Å². The molecule has 0 spiro atoms. The van der Waals surface area contributed by atoms with Crippen molar-refractivity contribution in [1.82, 2.24) is 29.4 Å². The molecule has 1 aromatic carbocycles. The lowest BCUT2D eigenvalue weighted by molar-refractivity contribution is -0.123. The van der Waals surface area contributed by atoms with Gasteiger partial charge in [-0.3, -0.25) is 14.7 Å². The lowest BCUT2D eigenvalue weighted by Crippen LogP contribution is -2.42. The molecule has 4 aromatic rings. The van der Waals surface area contributed by atoms with Crippen LogP contribution in [0.5, 0.6) is 0 Å². The van der Waals surface area contributed by atoms with Crippen LogP contribution < -0.4 is 0 Å². The summed E-state index contributed by atoms with van der Waals surface area (Å²) in [4.78, 5) is 32.0. The van der Waals surface area contributed by atoms with E-state index >= 15 is 0 Å². The Bertz CT molecular complexity index is 1510. The molecule has 2 atom stereocenters. The minimum absolute atomic E-state index is 0.0835. The molecule has 0 N–H and O–H groups in total. The van der Waals surface area contributed by atoms with Crippen LogP contribution in [0.15, 0.2) is 36.8 Å². The minimum Gasteiger partial charge on any atom is -0.326 e. The largest absolute Gasteiger partial charge is 0.326 e. The lowest BCUT2D eigenvalue weighted by atomic mass is 10.0. The van der Waals surface area contributed by atoms with Crippen molar-refractivity contribution in [3.8, 4) is 11.1 Å². The Morgan fingerprint density at radius 2 is 1.68 bits per heavy atom. The Kier molecular flexibility index (Phi) is 6.26. The molecule has 196 valence electrons. The summed E-state index contributed by atoms with van der Waals surface area (Å²) in [5, 5.41) is 0. The molecule has 6 rings (SSSR count). The normalized spacial score (nSPS) is 19.7. The van der Waals surface area contributed by atoms with Crippen LogP contribution >= 0.6 is 0 Å². The SMILES string of the molecule is Cc1nc2c(F)cc(-c3cc(Cc4ncc(CN5C6CCC5CC(=O)C6)cn4)ncc3F)cc2n1C(C)C. The summed E-state index contributed by atoms with van der Waals surface area (Å²) in [6, 6.07) is 5.49. The summed E-state index contributed by atoms with van der Waals surface area (Å²) in [6.45, 7) is 6.59. The Balaban J connectivity index is 1.23. The standard InChI is InChI=1S/C29H30F2N6O/c1-16(2)37-17(3)35-29-25(30)6-19(7-27(29)37)24-8-20(32-14-26(24)31)9-28-33-12-18(13-34-28)15-36-21-4-5-22(36)11-23(38)10-21/h6-8,12-14,16,21-22H,4-5,9-11,15H2,1-3H3. The van der Waals surface area contributed by atoms with E-state index < -0.39 is 11.6 Å². The maximum Gasteiger partial charge on any atom is 0.151 e. The average Bonchev–Trinajstić information content (AvgIpc) is 3.33. The Morgan fingerprint density at radius 3 is 2.37 bits per heavy atom. The number of aromatic nitrogens is 5. The van der Waals surface area contributed by atoms with E-state index in [1.807, 2.05) is 37.7 Å². The van der Waals surface area contributed by atoms with Gasteiger partial charge in [0.1, 0.15) is 28.8 Å². The fraction of sp³-hybridized carbons (Fsp3) is 0.414. The third-order valence-corrected chi connectivity index (χ3v) is 7.83. The number of benzene rings is 1. The molecule has 5 heterocycles. The molecule has 0 saturated carbocycles. The molecular weight excluding hydrogens is 486 g/mol. The maximum absolute atomic E-state index is 15.0. The molecule has 2 fully saturated rings. The van der Waals surface area contributed by atoms with Crippen molar-refractivity contribution in [3.63, 3.8) is 0 Å². The second-order valence-corrected chi connectivity index (χ2v) is 10.8. The average molecular weight is 517 g/mol. The number of nitrogens with zero attached hydrogens (tertiary/aromatic N) is 6. The van der Waals surface area contributed by atoms with Gasteiger partial charge < -0.3 is 4.57 Å². The van der Waals surface area contributed by atoms with Crippen molar-refractivity contribution in [2.24, 2.45) is 0 Å². The van der Waals surface area contributed by atoms with E-state index in [2.05, 4.69) is 24.8 Å². The summed E-state index contributed by atoms with van der Waals surface area (Å²) in [7, 11) is 0. The zero-order valence-corrected chi connectivity index (χ0v) is 21.8. The number of Topliss-reactive ketones (excluding diaryl/α,β-unsaturated/α-hetero) is 1. The van der Waals surface area contributed by atoms with Crippen LogP contribution in [-0.4, -0.2) is 47.3 Å². The van der Waals surface area contributed by atoms with Crippen molar-refractivity contribution >= 4 is 16.8 Å². The summed E-state index contributed by atoms with van der Waals surface area (Å²) < 4.78 is 31.8. The number of carbonyl (C=O) groups excluding carboxylic acids is 1. The van der Waals surface area contributed by atoms with Gasteiger partial charge in [-0.1, -0.05) is 0 Å². The monoisotopic (exact) mass is 516 g/mol. The van der Waals surface area contributed by atoms with Gasteiger partial charge in [-0.15, -0.1) is 0 Å². The molecule has 0 radical (unpaired) electrons. The van der Waals surface area contributed by atoms with E-state index in [1.54, 1.807) is 12.1 Å². The van der Waals surface area contributed by atoms with Crippen LogP contribution in [0.25, 0.3) is 22.2 Å². The molecule has 3 aromatic heterocycles. The molecule has 7 nitrogen and oxygen atoms in total. The van der Waals surface area contributed by atoms with Crippen LogP contribution in [0.3, 0.4) is 0 Å². The van der Waals surface area contributed by atoms with Crippen LogP contribution in [0.4, 0.5) is 8.78 Å². The number of hydrogen-bond acceptors (Lipinski definition) is 6. The van der Waals surface area contributed by atoms with E-state index in [0.717, 1.165) is 24.9 Å². The van der Waals surface area contributed by atoms with E-state index in [0.29, 0.717) is 65.6 Å². The Hall–Kier alpha value is -3.59. The third kappa shape index (κ3) is 4.49. The highest BCUT2D eigenvalue weighted by Gasteiger charge is 2.39. The molecular formula is C29H30F2N6O. The predicted octanol–water partition coefficient (Wildman–Crippen LogP) is 5.34. The number of halogens is 2. The van der Waals surface area contributed by atoms with Crippen LogP contribution in [0.2, 0.25) is 0 Å². The van der Waals surface area contributed by atoms with Crippen molar-refractivity contribution in [3.05, 3.63) is 71.3 Å². The zero-order valence-electron chi connectivity index (χ0n) is 21.8. The van der Waals surface area contributed by atoms with Gasteiger partial charge in [0.05, 0.1) is 18.1 Å². The molecule has 2 saturated heterocycles. The predicted molar refractivity (Wildman–Crippen MR) is 139 cm³/mol. The first-order valence-corrected chi connectivity index (χ1v) is 13.2. The van der Waals surface area contributed by atoms with Crippen LogP contribution in [0, 0.1) is 18.6 Å². The number of aryl methyl sites for hydroxylation is 1. The molecule has 2 aliphatic rings. The topological polar surface area (TPSA) is 76.8 Å². The highest BCUT2D eigenvalue weighted by Crippen LogP contribution is 2.35. The van der Waals surface area contributed by atoms with E-state index in [9.17, 15) is 13.6 Å². The number of hydrogen-bond donors (Lipinski definition) is 0. The molecule has 2 aliphatic heterocycles. The summed E-state index contributed by atoms with van der Waals surface area (Å²) >= 11 is 0. The van der Waals surface area contributed by atoms with E-state index in [4.69, 9.17) is 0 Å². The van der Waals surface area contributed by atoms with Crippen molar-refractivity contribution in [2.75, 3.05) is 0 Å². The molecule has 2 unspecified atom stereocenters. The number of piperidine rings is 1. The number of rotatable bonds is 6. The zero-order chi connectivity index (χ0) is 26.6. The minimum atomic E-state index is -0.522. The number of pyridine rings is 1. The molecule has 2 bridgehead atoms. The second kappa shape index (κ2) is 9.62. The fourth-order valence-corrected chi connectivity index (χ4v) is 6.12. The Morgan fingerprint density at radius 1 is 0.974 bits per heavy atom. The first kappa shape index (κ1) is 24.7. The van der Waals surface area contributed by atoms with Gasteiger partial charge in [0.25, 0.3) is 0 Å². The molecule has 0 amide bonds. The van der Waals surface area contributed by atoms with E-state index in [-0.39, 0.29) is 17.1 Å². The smallest absolute Gasteiger partial charge is 0.151 e. The highest BCUT2D eigenvalue weighted by molar-refractivity contribution is 5.84. The third-order valence-electron chi connectivity index (χ3n) is 7.83. The first-order valence-electron chi connectivity index (χ1n) is 13.2. The fourth-order valence-electron chi connectivity index (χ4n) is 6.12. The van der Waals surface area contributed by atoms with Gasteiger partial charge in [-0.05, 0) is 57.4 Å². The number of imidazole rings is 1. The summed E-state index contributed by atoms with van der Waals surface area (Å²) in [5.41, 5.74) is 3.23.